The molecular formula is C17H21F5N2O2. The highest BCUT2D eigenvalue weighted by Gasteiger charge is 2.55. The van der Waals surface area contributed by atoms with Crippen LogP contribution in [-0.2, 0) is 17.5 Å². The molecule has 0 spiro atoms. The molecule has 0 N–H and O–H groups in total. The summed E-state index contributed by atoms with van der Waals surface area (Å²) in [6, 6.07) is 0. The fraction of sp³-hybridized carbons (Fsp3) is 0.765. The Bertz CT molecular complexity index is 717. The van der Waals surface area contributed by atoms with Gasteiger partial charge in [0.05, 0.1) is 12.3 Å². The third-order valence-electron chi connectivity index (χ3n) is 5.09. The molecule has 0 bridgehead atoms. The van der Waals surface area contributed by atoms with Gasteiger partial charge in [0.2, 0.25) is 5.92 Å². The lowest BCUT2D eigenvalue weighted by atomic mass is 9.67. The molecule has 26 heavy (non-hydrogen) atoms. The van der Waals surface area contributed by atoms with E-state index in [9.17, 15) is 26.7 Å². The lowest BCUT2D eigenvalue weighted by Gasteiger charge is -2.44. The Morgan fingerprint density at radius 1 is 1.35 bits per heavy atom. The highest BCUT2D eigenvalue weighted by molar-refractivity contribution is 5.90. The SMILES string of the molecule is CCOC(=O)c1c(C(F)(F)F)c([C@@H]2C[C@H]2C)nn1CC1(C)CC(F)(F)C1. The van der Waals surface area contributed by atoms with Crippen LogP contribution in [0.15, 0.2) is 0 Å². The van der Waals surface area contributed by atoms with Gasteiger partial charge >= 0.3 is 12.1 Å². The van der Waals surface area contributed by atoms with E-state index in [1.807, 2.05) is 6.92 Å². The normalized spacial score (nSPS) is 26.3. The summed E-state index contributed by atoms with van der Waals surface area (Å²) in [6.45, 7) is 4.59. The molecule has 0 amide bonds. The molecule has 4 nitrogen and oxygen atoms in total. The molecule has 2 aliphatic carbocycles. The third-order valence-corrected chi connectivity index (χ3v) is 5.09. The number of aromatic nitrogens is 2. The zero-order valence-corrected chi connectivity index (χ0v) is 14.8. The number of nitrogens with zero attached hydrogens (tertiary/aromatic N) is 2. The molecule has 2 atom stereocenters. The Morgan fingerprint density at radius 3 is 2.35 bits per heavy atom. The predicted molar refractivity (Wildman–Crippen MR) is 82.0 cm³/mol. The summed E-state index contributed by atoms with van der Waals surface area (Å²) in [5.41, 5.74) is -2.85. The zero-order chi connectivity index (χ0) is 19.5. The van der Waals surface area contributed by atoms with Crippen molar-refractivity contribution < 1.29 is 31.5 Å². The molecule has 2 aliphatic rings. The molecule has 146 valence electrons. The first-order valence-electron chi connectivity index (χ1n) is 8.60. The molecule has 1 heterocycles. The van der Waals surface area contributed by atoms with Crippen LogP contribution in [0.5, 0.6) is 0 Å². The van der Waals surface area contributed by atoms with E-state index in [-0.39, 0.29) is 30.7 Å². The minimum absolute atomic E-state index is 0.0399. The van der Waals surface area contributed by atoms with Crippen LogP contribution < -0.4 is 0 Å². The predicted octanol–water partition coefficient (Wildman–Crippen LogP) is 4.64. The van der Waals surface area contributed by atoms with Crippen LogP contribution >= 0.6 is 0 Å². The standard InChI is InChI=1S/C17H21F5N2O2/c1-4-26-14(25)13-11(17(20,21)22)12(10-5-9(10)2)23-24(13)8-15(3)6-16(18,19)7-15/h9-10H,4-8H2,1-3H3/t9-,10-/m1/s1. The average Bonchev–Trinajstić information content (AvgIpc) is 3.03. The van der Waals surface area contributed by atoms with Crippen molar-refractivity contribution in [2.24, 2.45) is 11.3 Å². The van der Waals surface area contributed by atoms with Crippen molar-refractivity contribution in [2.75, 3.05) is 6.61 Å². The quantitative estimate of drug-likeness (QED) is 0.552. The number of hydrogen-bond donors (Lipinski definition) is 0. The Balaban J connectivity index is 2.05. The zero-order valence-electron chi connectivity index (χ0n) is 14.8. The largest absolute Gasteiger partial charge is 0.461 e. The van der Waals surface area contributed by atoms with E-state index in [2.05, 4.69) is 5.10 Å². The van der Waals surface area contributed by atoms with Crippen molar-refractivity contribution in [2.45, 2.75) is 64.6 Å². The minimum Gasteiger partial charge on any atom is -0.461 e. The molecular weight excluding hydrogens is 359 g/mol. The van der Waals surface area contributed by atoms with Crippen LogP contribution in [0.4, 0.5) is 22.0 Å². The van der Waals surface area contributed by atoms with Crippen molar-refractivity contribution >= 4 is 5.97 Å². The van der Waals surface area contributed by atoms with Gasteiger partial charge in [0, 0.05) is 25.3 Å². The molecule has 0 radical (unpaired) electrons. The van der Waals surface area contributed by atoms with Gasteiger partial charge in [-0.25, -0.2) is 13.6 Å². The van der Waals surface area contributed by atoms with Crippen molar-refractivity contribution in [3.05, 3.63) is 17.0 Å². The van der Waals surface area contributed by atoms with E-state index in [4.69, 9.17) is 4.74 Å². The molecule has 9 heteroatoms. The number of ether oxygens (including phenoxy) is 1. The molecule has 0 saturated heterocycles. The lowest BCUT2D eigenvalue weighted by Crippen LogP contribution is -2.47. The van der Waals surface area contributed by atoms with E-state index in [0.717, 1.165) is 4.68 Å². The van der Waals surface area contributed by atoms with Crippen molar-refractivity contribution in [1.82, 2.24) is 9.78 Å². The number of carbonyl (C=O) groups excluding carboxylic acids is 1. The Hall–Kier alpha value is -1.67. The summed E-state index contributed by atoms with van der Waals surface area (Å²) in [6.07, 6.45) is -5.11. The lowest BCUT2D eigenvalue weighted by molar-refractivity contribution is -0.160. The fourth-order valence-electron chi connectivity index (χ4n) is 3.91. The summed E-state index contributed by atoms with van der Waals surface area (Å²) < 4.78 is 73.4. The summed E-state index contributed by atoms with van der Waals surface area (Å²) in [7, 11) is 0. The maximum absolute atomic E-state index is 13.7. The van der Waals surface area contributed by atoms with Crippen LogP contribution in [0.1, 0.15) is 67.7 Å². The van der Waals surface area contributed by atoms with Crippen LogP contribution in [0.3, 0.4) is 0 Å². The van der Waals surface area contributed by atoms with Crippen LogP contribution in [0.25, 0.3) is 0 Å². The molecule has 0 aliphatic heterocycles. The highest BCUT2D eigenvalue weighted by atomic mass is 19.4. The Labute approximate surface area is 147 Å². The summed E-state index contributed by atoms with van der Waals surface area (Å²) in [4.78, 5) is 12.3. The summed E-state index contributed by atoms with van der Waals surface area (Å²) in [5, 5.41) is 4.06. The van der Waals surface area contributed by atoms with Gasteiger partial charge < -0.3 is 4.74 Å². The number of alkyl halides is 5. The monoisotopic (exact) mass is 380 g/mol. The summed E-state index contributed by atoms with van der Waals surface area (Å²) in [5.74, 6) is -4.29. The van der Waals surface area contributed by atoms with Crippen molar-refractivity contribution in [1.29, 1.82) is 0 Å². The molecule has 0 unspecified atom stereocenters. The van der Waals surface area contributed by atoms with E-state index in [1.165, 1.54) is 6.92 Å². The highest BCUT2D eigenvalue weighted by Crippen LogP contribution is 2.54. The van der Waals surface area contributed by atoms with Crippen LogP contribution in [-0.4, -0.2) is 28.3 Å². The first kappa shape index (κ1) is 19.1. The number of halogens is 5. The maximum atomic E-state index is 13.7. The molecule has 1 aromatic heterocycles. The minimum atomic E-state index is -4.78. The molecule has 0 aromatic carbocycles. The van der Waals surface area contributed by atoms with E-state index < -0.39 is 47.6 Å². The van der Waals surface area contributed by atoms with Gasteiger partial charge in [-0.15, -0.1) is 0 Å². The smallest absolute Gasteiger partial charge is 0.420 e. The fourth-order valence-corrected chi connectivity index (χ4v) is 3.91. The second-order valence-electron chi connectivity index (χ2n) is 7.82. The van der Waals surface area contributed by atoms with Gasteiger partial charge in [-0.3, -0.25) is 4.68 Å². The van der Waals surface area contributed by atoms with E-state index >= 15 is 0 Å². The van der Waals surface area contributed by atoms with Gasteiger partial charge in [0.15, 0.2) is 5.69 Å². The first-order valence-corrected chi connectivity index (χ1v) is 8.60. The Morgan fingerprint density at radius 2 is 1.92 bits per heavy atom. The van der Waals surface area contributed by atoms with Gasteiger partial charge in [-0.2, -0.15) is 18.3 Å². The second kappa shape index (κ2) is 5.92. The number of rotatable bonds is 5. The number of carbonyl (C=O) groups is 1. The molecule has 1 aromatic rings. The van der Waals surface area contributed by atoms with Gasteiger partial charge in [-0.1, -0.05) is 13.8 Å². The van der Waals surface area contributed by atoms with Gasteiger partial charge in [0.1, 0.15) is 5.56 Å². The van der Waals surface area contributed by atoms with Gasteiger partial charge in [0.25, 0.3) is 0 Å². The molecule has 3 rings (SSSR count). The van der Waals surface area contributed by atoms with E-state index in [0.29, 0.717) is 6.42 Å². The van der Waals surface area contributed by atoms with Crippen LogP contribution in [0.2, 0.25) is 0 Å². The molecule has 2 saturated carbocycles. The van der Waals surface area contributed by atoms with Gasteiger partial charge in [-0.05, 0) is 24.7 Å². The van der Waals surface area contributed by atoms with E-state index in [1.54, 1.807) is 6.92 Å². The average molecular weight is 380 g/mol. The second-order valence-corrected chi connectivity index (χ2v) is 7.82. The van der Waals surface area contributed by atoms with Crippen molar-refractivity contribution in [3.8, 4) is 0 Å². The number of esters is 1. The first-order chi connectivity index (χ1) is 11.9. The molecule has 2 fully saturated rings. The number of hydrogen-bond acceptors (Lipinski definition) is 3. The maximum Gasteiger partial charge on any atom is 0.420 e. The third kappa shape index (κ3) is 3.44. The topological polar surface area (TPSA) is 44.1 Å². The summed E-state index contributed by atoms with van der Waals surface area (Å²) >= 11 is 0. The van der Waals surface area contributed by atoms with Crippen LogP contribution in [0, 0.1) is 11.3 Å². The van der Waals surface area contributed by atoms with Crippen molar-refractivity contribution in [3.63, 3.8) is 0 Å². The Kier molecular flexibility index (Phi) is 4.35.